The first-order chi connectivity index (χ1) is 13.5. The highest BCUT2D eigenvalue weighted by molar-refractivity contribution is 8.19. The van der Waals surface area contributed by atoms with Crippen LogP contribution in [0, 0.1) is 0 Å². The van der Waals surface area contributed by atoms with Gasteiger partial charge in [0.2, 0.25) is 0 Å². The van der Waals surface area contributed by atoms with Gasteiger partial charge in [-0.25, -0.2) is 0 Å². The van der Waals surface area contributed by atoms with Gasteiger partial charge in [0.1, 0.15) is 0 Å². The molecule has 2 aromatic carbocycles. The first kappa shape index (κ1) is 20.2. The maximum atomic E-state index is 13.1. The van der Waals surface area contributed by atoms with E-state index in [9.17, 15) is 13.6 Å². The molecule has 0 spiro atoms. The zero-order valence-electron chi connectivity index (χ0n) is 14.9. The predicted molar refractivity (Wildman–Crippen MR) is 107 cm³/mol. The number of alkyl halides is 2. The number of amidine groups is 1. The minimum absolute atomic E-state index is 0.0396. The van der Waals surface area contributed by atoms with Crippen LogP contribution in [0.15, 0.2) is 62.7 Å². The predicted octanol–water partition coefficient (Wildman–Crippen LogP) is 5.30. The highest BCUT2D eigenvalue weighted by atomic mass is 32.2. The second-order valence-corrected chi connectivity index (χ2v) is 7.11. The lowest BCUT2D eigenvalue weighted by Crippen LogP contribution is -2.25. The van der Waals surface area contributed by atoms with Crippen LogP contribution in [0.3, 0.4) is 0 Å². The minimum atomic E-state index is -3.66. The first-order valence-corrected chi connectivity index (χ1v) is 9.98. The van der Waals surface area contributed by atoms with Crippen molar-refractivity contribution in [1.82, 2.24) is 5.32 Å². The summed E-state index contributed by atoms with van der Waals surface area (Å²) in [5.41, 5.74) is 0.541. The molecule has 0 aromatic heterocycles. The summed E-state index contributed by atoms with van der Waals surface area (Å²) in [4.78, 5) is 13.4. The summed E-state index contributed by atoms with van der Waals surface area (Å²) in [6, 6.07) is 13.9. The normalized spacial score (nSPS) is 19.4. The van der Waals surface area contributed by atoms with Gasteiger partial charge >= 0.3 is 6.29 Å². The van der Waals surface area contributed by atoms with Crippen LogP contribution in [0.2, 0.25) is 0 Å². The zero-order valence-corrected chi connectivity index (χ0v) is 16.6. The number of thioether (sulfide) groups is 1. The summed E-state index contributed by atoms with van der Waals surface area (Å²) in [6.45, 7) is 4.00. The van der Waals surface area contributed by atoms with Gasteiger partial charge in [-0.15, -0.1) is 8.78 Å². The van der Waals surface area contributed by atoms with E-state index in [2.05, 4.69) is 19.2 Å². The smallest absolute Gasteiger partial charge is 0.395 e. The largest absolute Gasteiger partial charge is 0.586 e. The number of nitrogens with zero attached hydrogens (tertiary/aromatic N) is 1. The molecule has 5 nitrogen and oxygen atoms in total. The maximum Gasteiger partial charge on any atom is 0.586 e. The molecule has 0 bridgehead atoms. The number of carbonyl (C=O) groups is 1. The molecule has 0 unspecified atom stereocenters. The van der Waals surface area contributed by atoms with Gasteiger partial charge in [0, 0.05) is 16.8 Å². The lowest BCUT2D eigenvalue weighted by Gasteiger charge is -2.04. The molecule has 1 N–H and O–H groups in total. The number of amides is 1. The standard InChI is InChI=1S/C17H10F2N2O3S2.C2H6/c18-17(19)23-12-7-6-10(8-13(12)24-17)9-14-15(22)20-16(25-14)21-26-11-4-2-1-3-5-11;1-2/h1-9H,(H,20,21,22);1-2H3/b14-9-;. The zero-order chi connectivity index (χ0) is 20.1. The van der Waals surface area contributed by atoms with E-state index in [1.165, 1.54) is 35.8 Å². The highest BCUT2D eigenvalue weighted by Crippen LogP contribution is 2.42. The lowest BCUT2D eigenvalue weighted by atomic mass is 10.2. The molecule has 4 rings (SSSR count). The third kappa shape index (κ3) is 4.85. The molecule has 0 aliphatic carbocycles. The summed E-state index contributed by atoms with van der Waals surface area (Å²) in [6.07, 6.45) is -2.09. The van der Waals surface area contributed by atoms with Crippen LogP contribution in [0.5, 0.6) is 11.5 Å². The van der Waals surface area contributed by atoms with Gasteiger partial charge in [0.25, 0.3) is 5.91 Å². The van der Waals surface area contributed by atoms with Gasteiger partial charge < -0.3 is 9.47 Å². The fourth-order valence-electron chi connectivity index (χ4n) is 2.25. The van der Waals surface area contributed by atoms with E-state index < -0.39 is 6.29 Å². The van der Waals surface area contributed by atoms with E-state index in [1.807, 2.05) is 44.2 Å². The third-order valence-electron chi connectivity index (χ3n) is 3.35. The van der Waals surface area contributed by atoms with Gasteiger partial charge in [0.05, 0.1) is 4.91 Å². The number of benzene rings is 2. The molecule has 0 saturated carbocycles. The van der Waals surface area contributed by atoms with Gasteiger partial charge in [-0.2, -0.15) is 4.40 Å². The number of rotatable bonds is 3. The Morgan fingerprint density at radius 2 is 1.82 bits per heavy atom. The van der Waals surface area contributed by atoms with Crippen molar-refractivity contribution in [3.05, 3.63) is 59.0 Å². The molecule has 2 aromatic rings. The fourth-order valence-corrected chi connectivity index (χ4v) is 3.72. The molecule has 1 amide bonds. The average Bonchev–Trinajstić information content (AvgIpc) is 3.19. The Balaban J connectivity index is 0.00000109. The van der Waals surface area contributed by atoms with E-state index in [-0.39, 0.29) is 17.4 Å². The Morgan fingerprint density at radius 3 is 2.57 bits per heavy atom. The molecule has 2 aliphatic rings. The Hall–Kier alpha value is -2.52. The molecule has 0 atom stereocenters. The Morgan fingerprint density at radius 1 is 1.11 bits per heavy atom. The number of ether oxygens (including phenoxy) is 2. The molecule has 1 fully saturated rings. The fraction of sp³-hybridized carbons (Fsp3) is 0.158. The topological polar surface area (TPSA) is 59.9 Å². The van der Waals surface area contributed by atoms with Crippen LogP contribution in [0.25, 0.3) is 6.08 Å². The molecule has 2 aliphatic heterocycles. The highest BCUT2D eigenvalue weighted by Gasteiger charge is 2.43. The molecule has 9 heteroatoms. The quantitative estimate of drug-likeness (QED) is 0.537. The molecule has 2 heterocycles. The summed E-state index contributed by atoms with van der Waals surface area (Å²) in [5, 5.41) is 3.13. The number of halogens is 2. The van der Waals surface area contributed by atoms with E-state index in [1.54, 1.807) is 12.1 Å². The van der Waals surface area contributed by atoms with Gasteiger partial charge in [-0.1, -0.05) is 38.1 Å². The molecule has 1 saturated heterocycles. The van der Waals surface area contributed by atoms with Gasteiger partial charge in [-0.3, -0.25) is 10.1 Å². The SMILES string of the molecule is CC.O=C1N/C(=N\Sc2ccccc2)S/C1=C\c1ccc2c(c1)OC(F)(F)O2. The van der Waals surface area contributed by atoms with Gasteiger partial charge in [-0.05, 0) is 47.7 Å². The Kier molecular flexibility index (Phi) is 6.25. The molecule has 146 valence electrons. The van der Waals surface area contributed by atoms with Crippen LogP contribution >= 0.6 is 23.7 Å². The number of nitrogens with one attached hydrogen (secondary N) is 1. The molecular formula is C19H16F2N2O3S2. The minimum Gasteiger partial charge on any atom is -0.395 e. The van der Waals surface area contributed by atoms with Crippen molar-refractivity contribution < 1.29 is 23.0 Å². The average molecular weight is 422 g/mol. The second-order valence-electron chi connectivity index (χ2n) is 5.24. The Bertz CT molecular complexity index is 934. The second kappa shape index (κ2) is 8.66. The summed E-state index contributed by atoms with van der Waals surface area (Å²) < 4.78 is 39.2. The van der Waals surface area contributed by atoms with Crippen LogP contribution in [-0.2, 0) is 4.79 Å². The third-order valence-corrected chi connectivity index (χ3v) is 5.13. The monoisotopic (exact) mass is 422 g/mol. The van der Waals surface area contributed by atoms with Crippen molar-refractivity contribution in [2.45, 2.75) is 25.0 Å². The van der Waals surface area contributed by atoms with Crippen LogP contribution in [0.4, 0.5) is 8.78 Å². The van der Waals surface area contributed by atoms with Crippen molar-refractivity contribution >= 4 is 40.9 Å². The van der Waals surface area contributed by atoms with Crippen molar-refractivity contribution in [3.63, 3.8) is 0 Å². The van der Waals surface area contributed by atoms with E-state index >= 15 is 0 Å². The van der Waals surface area contributed by atoms with E-state index in [0.29, 0.717) is 15.6 Å². The molecule has 0 radical (unpaired) electrons. The van der Waals surface area contributed by atoms with Crippen LogP contribution in [-0.4, -0.2) is 17.4 Å². The van der Waals surface area contributed by atoms with Crippen LogP contribution < -0.4 is 14.8 Å². The lowest BCUT2D eigenvalue weighted by molar-refractivity contribution is -0.286. The molecule has 28 heavy (non-hydrogen) atoms. The van der Waals surface area contributed by atoms with Crippen molar-refractivity contribution in [1.29, 1.82) is 0 Å². The summed E-state index contributed by atoms with van der Waals surface area (Å²) in [5.74, 6) is -0.408. The number of hydrogen-bond acceptors (Lipinski definition) is 6. The summed E-state index contributed by atoms with van der Waals surface area (Å²) >= 11 is 2.42. The first-order valence-electron chi connectivity index (χ1n) is 8.39. The van der Waals surface area contributed by atoms with E-state index in [0.717, 1.165) is 4.90 Å². The maximum absolute atomic E-state index is 13.1. The van der Waals surface area contributed by atoms with Crippen molar-refractivity contribution in [3.8, 4) is 11.5 Å². The Labute approximate surface area is 169 Å². The van der Waals surface area contributed by atoms with Crippen molar-refractivity contribution in [2.75, 3.05) is 0 Å². The van der Waals surface area contributed by atoms with Crippen LogP contribution in [0.1, 0.15) is 19.4 Å². The van der Waals surface area contributed by atoms with Crippen molar-refractivity contribution in [2.24, 2.45) is 4.40 Å². The molecular weight excluding hydrogens is 406 g/mol. The number of fused-ring (bicyclic) bond motifs is 1. The van der Waals surface area contributed by atoms with E-state index in [4.69, 9.17) is 0 Å². The van der Waals surface area contributed by atoms with Gasteiger partial charge in [0.15, 0.2) is 16.7 Å². The summed E-state index contributed by atoms with van der Waals surface area (Å²) in [7, 11) is 0. The number of carbonyl (C=O) groups excluding carboxylic acids is 1. The number of hydrogen-bond donors (Lipinski definition) is 1.